The highest BCUT2D eigenvalue weighted by atomic mass is 16.5. The highest BCUT2D eigenvalue weighted by Crippen LogP contribution is 2.18. The summed E-state index contributed by atoms with van der Waals surface area (Å²) in [7, 11) is 0. The average Bonchev–Trinajstić information content (AvgIpc) is 2.40. The van der Waals surface area contributed by atoms with Crippen LogP contribution in [0.3, 0.4) is 0 Å². The molecular formula is C16H20O2. The van der Waals surface area contributed by atoms with Gasteiger partial charge in [-0.3, -0.25) is 4.79 Å². The minimum absolute atomic E-state index is 0.117. The van der Waals surface area contributed by atoms with Gasteiger partial charge in [0.1, 0.15) is 0 Å². The normalized spacial score (nSPS) is 18.6. The standard InChI is InChI=1S/C16H20O2/c1-13-7-9-14(10-8-13)11-16(17)18-12-15-5-3-2-4-6-15/h2-3,7-10,15H,4-6,11-12H2,1H3. The van der Waals surface area contributed by atoms with Gasteiger partial charge in [-0.25, -0.2) is 0 Å². The zero-order valence-corrected chi connectivity index (χ0v) is 10.9. The van der Waals surface area contributed by atoms with Gasteiger partial charge in [-0.2, -0.15) is 0 Å². The molecule has 1 aromatic carbocycles. The fraction of sp³-hybridized carbons (Fsp3) is 0.438. The molecule has 1 aromatic rings. The second-order valence-electron chi connectivity index (χ2n) is 5.00. The SMILES string of the molecule is Cc1ccc(CC(=O)OCC2CC=CCC2)cc1. The molecule has 0 fully saturated rings. The number of ether oxygens (including phenoxy) is 1. The molecule has 0 amide bonds. The lowest BCUT2D eigenvalue weighted by atomic mass is 9.95. The molecule has 0 bridgehead atoms. The van der Waals surface area contributed by atoms with E-state index in [-0.39, 0.29) is 5.97 Å². The van der Waals surface area contributed by atoms with Gasteiger partial charge in [0, 0.05) is 0 Å². The van der Waals surface area contributed by atoms with Crippen molar-refractivity contribution in [2.24, 2.45) is 5.92 Å². The summed E-state index contributed by atoms with van der Waals surface area (Å²) in [5.41, 5.74) is 2.23. The second kappa shape index (κ2) is 6.39. The van der Waals surface area contributed by atoms with Crippen LogP contribution in [0.15, 0.2) is 36.4 Å². The molecule has 0 spiro atoms. The first-order valence-corrected chi connectivity index (χ1v) is 6.60. The smallest absolute Gasteiger partial charge is 0.310 e. The summed E-state index contributed by atoms with van der Waals surface area (Å²) in [6.07, 6.45) is 8.04. The van der Waals surface area contributed by atoms with Crippen LogP contribution in [0.2, 0.25) is 0 Å². The van der Waals surface area contributed by atoms with E-state index >= 15 is 0 Å². The Morgan fingerprint density at radius 3 is 2.72 bits per heavy atom. The van der Waals surface area contributed by atoms with Crippen molar-refractivity contribution < 1.29 is 9.53 Å². The van der Waals surface area contributed by atoms with Gasteiger partial charge in [0.2, 0.25) is 0 Å². The number of aryl methyl sites for hydroxylation is 1. The van der Waals surface area contributed by atoms with E-state index in [1.165, 1.54) is 5.56 Å². The molecule has 96 valence electrons. The zero-order chi connectivity index (χ0) is 12.8. The fourth-order valence-electron chi connectivity index (χ4n) is 2.14. The Balaban J connectivity index is 1.74. The van der Waals surface area contributed by atoms with Crippen LogP contribution in [0.1, 0.15) is 30.4 Å². The van der Waals surface area contributed by atoms with Crippen molar-refractivity contribution in [1.82, 2.24) is 0 Å². The van der Waals surface area contributed by atoms with Gasteiger partial charge in [-0.05, 0) is 37.7 Å². The predicted molar refractivity (Wildman–Crippen MR) is 72.3 cm³/mol. The monoisotopic (exact) mass is 244 g/mol. The van der Waals surface area contributed by atoms with E-state index < -0.39 is 0 Å². The maximum atomic E-state index is 11.7. The molecule has 2 heteroatoms. The van der Waals surface area contributed by atoms with Crippen molar-refractivity contribution >= 4 is 5.97 Å². The highest BCUT2D eigenvalue weighted by Gasteiger charge is 2.12. The van der Waals surface area contributed by atoms with Crippen LogP contribution in [0.4, 0.5) is 0 Å². The second-order valence-corrected chi connectivity index (χ2v) is 5.00. The quantitative estimate of drug-likeness (QED) is 0.599. The van der Waals surface area contributed by atoms with E-state index in [4.69, 9.17) is 4.74 Å². The summed E-state index contributed by atoms with van der Waals surface area (Å²) in [6.45, 7) is 2.60. The fourth-order valence-corrected chi connectivity index (χ4v) is 2.14. The summed E-state index contributed by atoms with van der Waals surface area (Å²) in [5, 5.41) is 0. The summed E-state index contributed by atoms with van der Waals surface area (Å²) in [5.74, 6) is 0.394. The van der Waals surface area contributed by atoms with Crippen LogP contribution in [0.25, 0.3) is 0 Å². The van der Waals surface area contributed by atoms with Gasteiger partial charge in [-0.1, -0.05) is 42.0 Å². The van der Waals surface area contributed by atoms with Crippen molar-refractivity contribution in [1.29, 1.82) is 0 Å². The minimum Gasteiger partial charge on any atom is -0.465 e. The summed E-state index contributed by atoms with van der Waals surface area (Å²) < 4.78 is 5.34. The predicted octanol–water partition coefficient (Wildman–Crippen LogP) is 3.44. The molecule has 0 radical (unpaired) electrons. The van der Waals surface area contributed by atoms with E-state index in [2.05, 4.69) is 12.2 Å². The number of hydrogen-bond acceptors (Lipinski definition) is 2. The third-order valence-corrected chi connectivity index (χ3v) is 3.33. The first-order chi connectivity index (χ1) is 8.74. The van der Waals surface area contributed by atoms with Gasteiger partial charge in [0.05, 0.1) is 13.0 Å². The summed E-state index contributed by atoms with van der Waals surface area (Å²) in [4.78, 5) is 11.7. The van der Waals surface area contributed by atoms with Crippen molar-refractivity contribution in [3.05, 3.63) is 47.5 Å². The molecule has 1 aliphatic rings. The third kappa shape index (κ3) is 4.02. The van der Waals surface area contributed by atoms with E-state index in [1.54, 1.807) is 0 Å². The minimum atomic E-state index is -0.117. The molecule has 1 atom stereocenters. The topological polar surface area (TPSA) is 26.3 Å². The van der Waals surface area contributed by atoms with Crippen LogP contribution in [-0.4, -0.2) is 12.6 Å². The van der Waals surface area contributed by atoms with Gasteiger partial charge < -0.3 is 4.74 Å². The zero-order valence-electron chi connectivity index (χ0n) is 10.9. The molecule has 2 rings (SSSR count). The van der Waals surface area contributed by atoms with E-state index in [0.717, 1.165) is 24.8 Å². The van der Waals surface area contributed by atoms with E-state index in [1.807, 2.05) is 31.2 Å². The Hall–Kier alpha value is -1.57. The molecule has 1 unspecified atom stereocenters. The van der Waals surface area contributed by atoms with Crippen molar-refractivity contribution in [2.75, 3.05) is 6.61 Å². The van der Waals surface area contributed by atoms with Crippen molar-refractivity contribution in [2.45, 2.75) is 32.6 Å². The van der Waals surface area contributed by atoms with Crippen LogP contribution in [-0.2, 0) is 16.0 Å². The lowest BCUT2D eigenvalue weighted by molar-refractivity contribution is -0.144. The Bertz CT molecular complexity index is 417. The van der Waals surface area contributed by atoms with Gasteiger partial charge >= 0.3 is 5.97 Å². The largest absolute Gasteiger partial charge is 0.465 e. The number of hydrogen-bond donors (Lipinski definition) is 0. The molecule has 2 nitrogen and oxygen atoms in total. The Morgan fingerprint density at radius 1 is 1.28 bits per heavy atom. The number of carbonyl (C=O) groups is 1. The number of carbonyl (C=O) groups excluding carboxylic acids is 1. The summed E-state index contributed by atoms with van der Waals surface area (Å²) in [6, 6.07) is 8.02. The number of allylic oxidation sites excluding steroid dienone is 2. The molecule has 0 saturated carbocycles. The lowest BCUT2D eigenvalue weighted by Crippen LogP contribution is -2.16. The van der Waals surface area contributed by atoms with Crippen LogP contribution < -0.4 is 0 Å². The Labute approximate surface area is 109 Å². The molecular weight excluding hydrogens is 224 g/mol. The number of rotatable bonds is 4. The molecule has 0 heterocycles. The maximum absolute atomic E-state index is 11.7. The average molecular weight is 244 g/mol. The highest BCUT2D eigenvalue weighted by molar-refractivity contribution is 5.72. The van der Waals surface area contributed by atoms with E-state index in [9.17, 15) is 4.79 Å². The van der Waals surface area contributed by atoms with Crippen molar-refractivity contribution in [3.63, 3.8) is 0 Å². The molecule has 1 aliphatic carbocycles. The van der Waals surface area contributed by atoms with E-state index in [0.29, 0.717) is 18.9 Å². The van der Waals surface area contributed by atoms with Crippen LogP contribution in [0.5, 0.6) is 0 Å². The molecule has 0 aromatic heterocycles. The van der Waals surface area contributed by atoms with Crippen LogP contribution >= 0.6 is 0 Å². The lowest BCUT2D eigenvalue weighted by Gasteiger charge is -2.17. The van der Waals surface area contributed by atoms with Gasteiger partial charge in [0.25, 0.3) is 0 Å². The van der Waals surface area contributed by atoms with Gasteiger partial charge in [0.15, 0.2) is 0 Å². The first-order valence-electron chi connectivity index (χ1n) is 6.60. The van der Waals surface area contributed by atoms with Gasteiger partial charge in [-0.15, -0.1) is 0 Å². The summed E-state index contributed by atoms with van der Waals surface area (Å²) >= 11 is 0. The molecule has 0 saturated heterocycles. The number of esters is 1. The third-order valence-electron chi connectivity index (χ3n) is 3.33. The first kappa shape index (κ1) is 12.9. The Kier molecular flexibility index (Phi) is 4.57. The van der Waals surface area contributed by atoms with Crippen molar-refractivity contribution in [3.8, 4) is 0 Å². The molecule has 0 N–H and O–H groups in total. The number of benzene rings is 1. The maximum Gasteiger partial charge on any atom is 0.310 e. The Morgan fingerprint density at radius 2 is 2.06 bits per heavy atom. The van der Waals surface area contributed by atoms with Crippen LogP contribution in [0, 0.1) is 12.8 Å². The molecule has 18 heavy (non-hydrogen) atoms. The molecule has 0 aliphatic heterocycles.